The summed E-state index contributed by atoms with van der Waals surface area (Å²) in [7, 11) is 0. The van der Waals surface area contributed by atoms with E-state index in [2.05, 4.69) is 15.6 Å². The van der Waals surface area contributed by atoms with E-state index in [1.165, 1.54) is 0 Å². The number of carbonyl (C=O) groups is 2. The molecule has 0 aliphatic carbocycles. The molecule has 2 N–H and O–H groups in total. The van der Waals surface area contributed by atoms with Crippen LogP contribution < -0.4 is 10.6 Å². The molecule has 6 nitrogen and oxygen atoms in total. The SMILES string of the molecule is Cc1cccc(C)c1NC(=O)CNC(=O)Cc1nc(-c2ccccc2)oc1C. The van der Waals surface area contributed by atoms with Crippen LogP contribution >= 0.6 is 0 Å². The zero-order valence-electron chi connectivity index (χ0n) is 16.2. The van der Waals surface area contributed by atoms with Crippen molar-refractivity contribution >= 4 is 17.5 Å². The van der Waals surface area contributed by atoms with E-state index in [0.29, 0.717) is 17.3 Å². The third kappa shape index (κ3) is 4.65. The van der Waals surface area contributed by atoms with Gasteiger partial charge in [0.1, 0.15) is 5.76 Å². The lowest BCUT2D eigenvalue weighted by atomic mass is 10.1. The second-order valence-electron chi connectivity index (χ2n) is 6.66. The Morgan fingerprint density at radius 1 is 0.929 bits per heavy atom. The molecule has 2 aromatic carbocycles. The Morgan fingerprint density at radius 2 is 1.61 bits per heavy atom. The van der Waals surface area contributed by atoms with E-state index in [1.807, 2.05) is 62.4 Å². The number of benzene rings is 2. The van der Waals surface area contributed by atoms with E-state index >= 15 is 0 Å². The molecule has 0 fully saturated rings. The number of carbonyl (C=O) groups excluding carboxylic acids is 2. The molecule has 0 aliphatic heterocycles. The predicted octanol–water partition coefficient (Wildman–Crippen LogP) is 3.56. The Kier molecular flexibility index (Phi) is 5.89. The number of rotatable bonds is 6. The average Bonchev–Trinajstić information content (AvgIpc) is 3.04. The second-order valence-corrected chi connectivity index (χ2v) is 6.66. The summed E-state index contributed by atoms with van der Waals surface area (Å²) in [6.45, 7) is 5.53. The van der Waals surface area contributed by atoms with Gasteiger partial charge in [0.05, 0.1) is 18.7 Å². The highest BCUT2D eigenvalue weighted by Crippen LogP contribution is 2.22. The molecule has 3 aromatic rings. The van der Waals surface area contributed by atoms with Gasteiger partial charge in [-0.05, 0) is 44.0 Å². The van der Waals surface area contributed by atoms with Gasteiger partial charge in [0.25, 0.3) is 0 Å². The van der Waals surface area contributed by atoms with Gasteiger partial charge in [-0.2, -0.15) is 0 Å². The first kappa shape index (κ1) is 19.4. The predicted molar refractivity (Wildman–Crippen MR) is 108 cm³/mol. The van der Waals surface area contributed by atoms with Crippen LogP contribution in [0.5, 0.6) is 0 Å². The fraction of sp³-hybridized carbons (Fsp3) is 0.227. The fourth-order valence-electron chi connectivity index (χ4n) is 2.88. The van der Waals surface area contributed by atoms with Gasteiger partial charge < -0.3 is 15.1 Å². The molecule has 2 amide bonds. The molecule has 144 valence electrons. The molecule has 0 saturated carbocycles. The Balaban J connectivity index is 1.56. The lowest BCUT2D eigenvalue weighted by molar-refractivity contribution is -0.123. The summed E-state index contributed by atoms with van der Waals surface area (Å²) in [6.07, 6.45) is 0.0544. The summed E-state index contributed by atoms with van der Waals surface area (Å²) in [5.74, 6) is 0.517. The van der Waals surface area contributed by atoms with Gasteiger partial charge in [0.15, 0.2) is 0 Å². The molecule has 28 heavy (non-hydrogen) atoms. The number of nitrogens with zero attached hydrogens (tertiary/aromatic N) is 1. The summed E-state index contributed by atoms with van der Waals surface area (Å²) in [4.78, 5) is 28.8. The first-order valence-corrected chi connectivity index (χ1v) is 9.08. The zero-order chi connectivity index (χ0) is 20.1. The van der Waals surface area contributed by atoms with E-state index < -0.39 is 0 Å². The molecule has 0 atom stereocenters. The highest BCUT2D eigenvalue weighted by atomic mass is 16.4. The van der Waals surface area contributed by atoms with Gasteiger partial charge in [-0.1, -0.05) is 36.4 Å². The fourth-order valence-corrected chi connectivity index (χ4v) is 2.88. The number of nitrogens with one attached hydrogen (secondary N) is 2. The molecule has 0 saturated heterocycles. The normalized spacial score (nSPS) is 10.5. The molecule has 3 rings (SSSR count). The minimum atomic E-state index is -0.285. The van der Waals surface area contributed by atoms with Crippen LogP contribution in [0.15, 0.2) is 52.9 Å². The highest BCUT2D eigenvalue weighted by molar-refractivity contribution is 5.95. The first-order chi connectivity index (χ1) is 13.4. The number of para-hydroxylation sites is 1. The Hall–Kier alpha value is -3.41. The van der Waals surface area contributed by atoms with Crippen molar-refractivity contribution < 1.29 is 14.0 Å². The van der Waals surface area contributed by atoms with Crippen molar-refractivity contribution in [3.63, 3.8) is 0 Å². The summed E-state index contributed by atoms with van der Waals surface area (Å²) in [5.41, 5.74) is 4.15. The lowest BCUT2D eigenvalue weighted by Crippen LogP contribution is -2.34. The van der Waals surface area contributed by atoms with Crippen LogP contribution in [0.2, 0.25) is 0 Å². The van der Waals surface area contributed by atoms with Crippen LogP contribution in [0.4, 0.5) is 5.69 Å². The number of hydrogen-bond acceptors (Lipinski definition) is 4. The molecule has 0 radical (unpaired) electrons. The van der Waals surface area contributed by atoms with E-state index in [1.54, 1.807) is 6.92 Å². The number of hydrogen-bond donors (Lipinski definition) is 2. The molecule has 1 aromatic heterocycles. The molecular weight excluding hydrogens is 354 g/mol. The first-order valence-electron chi connectivity index (χ1n) is 9.08. The quantitative estimate of drug-likeness (QED) is 0.688. The van der Waals surface area contributed by atoms with Crippen molar-refractivity contribution in [3.05, 3.63) is 71.1 Å². The highest BCUT2D eigenvalue weighted by Gasteiger charge is 2.15. The van der Waals surface area contributed by atoms with E-state index in [4.69, 9.17) is 4.42 Å². The number of oxazole rings is 1. The molecule has 0 bridgehead atoms. The number of anilines is 1. The zero-order valence-corrected chi connectivity index (χ0v) is 16.2. The Labute approximate surface area is 164 Å². The van der Waals surface area contributed by atoms with Crippen LogP contribution in [0.1, 0.15) is 22.6 Å². The minimum Gasteiger partial charge on any atom is -0.441 e. The smallest absolute Gasteiger partial charge is 0.243 e. The lowest BCUT2D eigenvalue weighted by Gasteiger charge is -2.11. The number of aromatic nitrogens is 1. The summed E-state index contributed by atoms with van der Waals surface area (Å²) >= 11 is 0. The Morgan fingerprint density at radius 3 is 2.29 bits per heavy atom. The van der Waals surface area contributed by atoms with Gasteiger partial charge >= 0.3 is 0 Å². The van der Waals surface area contributed by atoms with Crippen LogP contribution in [-0.2, 0) is 16.0 Å². The maximum atomic E-state index is 12.2. The molecule has 6 heteroatoms. The van der Waals surface area contributed by atoms with Gasteiger partial charge in [-0.15, -0.1) is 0 Å². The van der Waals surface area contributed by atoms with E-state index in [0.717, 1.165) is 22.4 Å². The van der Waals surface area contributed by atoms with Crippen LogP contribution in [0.3, 0.4) is 0 Å². The number of amides is 2. The van der Waals surface area contributed by atoms with Crippen LogP contribution in [0, 0.1) is 20.8 Å². The molecule has 0 spiro atoms. The maximum Gasteiger partial charge on any atom is 0.243 e. The minimum absolute atomic E-state index is 0.0544. The van der Waals surface area contributed by atoms with Crippen LogP contribution in [-0.4, -0.2) is 23.3 Å². The standard InChI is InChI=1S/C22H23N3O3/c1-14-8-7-9-15(2)21(14)25-20(27)13-23-19(26)12-18-16(3)28-22(24-18)17-10-5-4-6-11-17/h4-11H,12-13H2,1-3H3,(H,23,26)(H,25,27). The molecule has 0 aliphatic rings. The van der Waals surface area contributed by atoms with Crippen molar-refractivity contribution in [2.75, 3.05) is 11.9 Å². The third-order valence-corrected chi connectivity index (χ3v) is 4.43. The van der Waals surface area contributed by atoms with Crippen molar-refractivity contribution in [2.45, 2.75) is 27.2 Å². The van der Waals surface area contributed by atoms with Crippen molar-refractivity contribution in [3.8, 4) is 11.5 Å². The molecular formula is C22H23N3O3. The third-order valence-electron chi connectivity index (χ3n) is 4.43. The monoisotopic (exact) mass is 377 g/mol. The Bertz CT molecular complexity index is 973. The summed E-state index contributed by atoms with van der Waals surface area (Å²) < 4.78 is 5.66. The van der Waals surface area contributed by atoms with Crippen molar-refractivity contribution in [1.82, 2.24) is 10.3 Å². The van der Waals surface area contributed by atoms with Gasteiger partial charge in [0, 0.05) is 11.3 Å². The topological polar surface area (TPSA) is 84.2 Å². The number of aryl methyl sites for hydroxylation is 3. The van der Waals surface area contributed by atoms with E-state index in [-0.39, 0.29) is 24.8 Å². The van der Waals surface area contributed by atoms with Gasteiger partial charge in [0.2, 0.25) is 17.7 Å². The average molecular weight is 377 g/mol. The van der Waals surface area contributed by atoms with Crippen molar-refractivity contribution in [2.24, 2.45) is 0 Å². The van der Waals surface area contributed by atoms with Gasteiger partial charge in [-0.25, -0.2) is 4.98 Å². The van der Waals surface area contributed by atoms with Crippen molar-refractivity contribution in [1.29, 1.82) is 0 Å². The summed E-state index contributed by atoms with van der Waals surface area (Å²) in [5, 5.41) is 5.48. The van der Waals surface area contributed by atoms with E-state index in [9.17, 15) is 9.59 Å². The molecule has 1 heterocycles. The van der Waals surface area contributed by atoms with Gasteiger partial charge in [-0.3, -0.25) is 9.59 Å². The summed E-state index contributed by atoms with van der Waals surface area (Å²) in [6, 6.07) is 15.3. The second kappa shape index (κ2) is 8.52. The van der Waals surface area contributed by atoms with Crippen LogP contribution in [0.25, 0.3) is 11.5 Å². The molecule has 0 unspecified atom stereocenters. The largest absolute Gasteiger partial charge is 0.441 e. The maximum absolute atomic E-state index is 12.2.